The van der Waals surface area contributed by atoms with Crippen LogP contribution in [0.25, 0.3) is 17.0 Å². The average Bonchev–Trinajstić information content (AvgIpc) is 2.92. The molecule has 0 atom stereocenters. The molecule has 2 N–H and O–H groups in total. The van der Waals surface area contributed by atoms with Crippen molar-refractivity contribution in [2.24, 2.45) is 0 Å². The van der Waals surface area contributed by atoms with Crippen LogP contribution in [0.4, 0.5) is 5.69 Å². The summed E-state index contributed by atoms with van der Waals surface area (Å²) in [6.45, 7) is 0. The molecule has 2 aromatic heterocycles. The van der Waals surface area contributed by atoms with Crippen molar-refractivity contribution in [2.45, 2.75) is 0 Å². The number of anilines is 1. The smallest absolute Gasteiger partial charge is 0.182 e. The molecule has 3 aromatic rings. The molecule has 0 aliphatic rings. The Morgan fingerprint density at radius 1 is 1.10 bits per heavy atom. The lowest BCUT2D eigenvalue weighted by Gasteiger charge is -2.07. The monoisotopic (exact) mass is 270 g/mol. The highest BCUT2D eigenvalue weighted by atomic mass is 16.5. The summed E-state index contributed by atoms with van der Waals surface area (Å²) >= 11 is 0. The molecule has 0 amide bonds. The van der Waals surface area contributed by atoms with Gasteiger partial charge in [0.2, 0.25) is 0 Å². The maximum absolute atomic E-state index is 5.88. The number of nitrogen functional groups attached to an aromatic ring is 1. The summed E-state index contributed by atoms with van der Waals surface area (Å²) in [5.74, 6) is 1.89. The van der Waals surface area contributed by atoms with Crippen molar-refractivity contribution in [3.8, 4) is 22.9 Å². The van der Waals surface area contributed by atoms with Gasteiger partial charge in [-0.2, -0.15) is 0 Å². The first kappa shape index (κ1) is 12.3. The molecule has 0 aliphatic heterocycles. The third kappa shape index (κ3) is 1.91. The van der Waals surface area contributed by atoms with Gasteiger partial charge < -0.3 is 15.2 Å². The Bertz CT molecular complexity index is 767. The maximum atomic E-state index is 5.88. The fraction of sp³-hybridized carbons (Fsp3) is 0.143. The Labute approximate surface area is 115 Å². The second-order valence-electron chi connectivity index (χ2n) is 4.24. The van der Waals surface area contributed by atoms with Gasteiger partial charge in [0.15, 0.2) is 23.0 Å². The van der Waals surface area contributed by atoms with Crippen LogP contribution in [0.1, 0.15) is 0 Å². The van der Waals surface area contributed by atoms with Gasteiger partial charge in [0.25, 0.3) is 0 Å². The van der Waals surface area contributed by atoms with E-state index in [1.807, 2.05) is 30.5 Å². The van der Waals surface area contributed by atoms with E-state index in [2.05, 4.69) is 10.1 Å². The van der Waals surface area contributed by atoms with Crippen molar-refractivity contribution >= 4 is 11.3 Å². The summed E-state index contributed by atoms with van der Waals surface area (Å²) in [6.07, 6.45) is 1.81. The molecule has 102 valence electrons. The number of ether oxygens (including phenoxy) is 2. The van der Waals surface area contributed by atoms with Crippen molar-refractivity contribution in [3.05, 3.63) is 36.5 Å². The number of aromatic nitrogens is 3. The summed E-state index contributed by atoms with van der Waals surface area (Å²) in [5.41, 5.74) is 7.95. The molecule has 6 heteroatoms. The molecule has 0 saturated carbocycles. The molecule has 0 radical (unpaired) electrons. The van der Waals surface area contributed by atoms with Crippen LogP contribution >= 0.6 is 0 Å². The van der Waals surface area contributed by atoms with Gasteiger partial charge in [-0.1, -0.05) is 0 Å². The zero-order valence-electron chi connectivity index (χ0n) is 11.2. The number of pyridine rings is 1. The second-order valence-corrected chi connectivity index (χ2v) is 4.24. The van der Waals surface area contributed by atoms with Crippen LogP contribution in [0.5, 0.6) is 11.5 Å². The van der Waals surface area contributed by atoms with E-state index in [9.17, 15) is 0 Å². The lowest BCUT2D eigenvalue weighted by Crippen LogP contribution is -1.92. The van der Waals surface area contributed by atoms with E-state index in [0.29, 0.717) is 28.7 Å². The Kier molecular flexibility index (Phi) is 2.90. The minimum absolute atomic E-state index is 0.587. The number of rotatable bonds is 3. The number of hydrogen-bond acceptors (Lipinski definition) is 5. The van der Waals surface area contributed by atoms with Gasteiger partial charge in [-0.15, -0.1) is 5.10 Å². The van der Waals surface area contributed by atoms with Crippen molar-refractivity contribution in [1.82, 2.24) is 14.6 Å². The molecule has 0 saturated heterocycles. The average molecular weight is 270 g/mol. The van der Waals surface area contributed by atoms with Gasteiger partial charge in [-0.05, 0) is 30.3 Å². The largest absolute Gasteiger partial charge is 0.493 e. The Morgan fingerprint density at radius 2 is 1.90 bits per heavy atom. The Hall–Kier alpha value is -2.76. The fourth-order valence-electron chi connectivity index (χ4n) is 2.02. The standard InChI is InChI=1S/C14H14N4O2/c1-19-11-6-5-9(8-12(11)20-2)13-16-14-10(15)4-3-7-18(14)17-13/h3-8H,15H2,1-2H3. The van der Waals surface area contributed by atoms with Crippen LogP contribution in [-0.2, 0) is 0 Å². The van der Waals surface area contributed by atoms with E-state index in [1.165, 1.54) is 0 Å². The minimum Gasteiger partial charge on any atom is -0.493 e. The molecule has 20 heavy (non-hydrogen) atoms. The van der Waals surface area contributed by atoms with E-state index in [4.69, 9.17) is 15.2 Å². The van der Waals surface area contributed by atoms with E-state index in [1.54, 1.807) is 24.8 Å². The summed E-state index contributed by atoms with van der Waals surface area (Å²) in [6, 6.07) is 9.16. The molecule has 0 spiro atoms. The van der Waals surface area contributed by atoms with Gasteiger partial charge in [0.1, 0.15) is 0 Å². The first-order valence-corrected chi connectivity index (χ1v) is 6.06. The lowest BCUT2D eigenvalue weighted by molar-refractivity contribution is 0.355. The van der Waals surface area contributed by atoms with E-state index >= 15 is 0 Å². The number of benzene rings is 1. The van der Waals surface area contributed by atoms with Crippen molar-refractivity contribution < 1.29 is 9.47 Å². The zero-order chi connectivity index (χ0) is 14.1. The Morgan fingerprint density at radius 3 is 2.60 bits per heavy atom. The van der Waals surface area contributed by atoms with E-state index in [0.717, 1.165) is 5.56 Å². The normalized spacial score (nSPS) is 10.7. The summed E-state index contributed by atoms with van der Waals surface area (Å²) in [4.78, 5) is 4.44. The topological polar surface area (TPSA) is 74.7 Å². The predicted molar refractivity (Wildman–Crippen MR) is 75.9 cm³/mol. The van der Waals surface area contributed by atoms with Crippen molar-refractivity contribution in [2.75, 3.05) is 20.0 Å². The number of hydrogen-bond donors (Lipinski definition) is 1. The molecule has 1 aromatic carbocycles. The second kappa shape index (κ2) is 4.73. The zero-order valence-corrected chi connectivity index (χ0v) is 11.2. The molecule has 0 fully saturated rings. The molecule has 3 rings (SSSR count). The van der Waals surface area contributed by atoms with Gasteiger partial charge >= 0.3 is 0 Å². The molecule has 2 heterocycles. The highest BCUT2D eigenvalue weighted by Gasteiger charge is 2.11. The number of nitrogens with zero attached hydrogens (tertiary/aromatic N) is 3. The summed E-state index contributed by atoms with van der Waals surface area (Å²) in [7, 11) is 3.19. The summed E-state index contributed by atoms with van der Waals surface area (Å²) in [5, 5.41) is 4.40. The van der Waals surface area contributed by atoms with Crippen LogP contribution in [0.3, 0.4) is 0 Å². The minimum atomic E-state index is 0.587. The van der Waals surface area contributed by atoms with E-state index < -0.39 is 0 Å². The highest BCUT2D eigenvalue weighted by molar-refractivity contribution is 5.69. The predicted octanol–water partition coefficient (Wildman–Crippen LogP) is 2.00. The van der Waals surface area contributed by atoms with Gasteiger partial charge in [0.05, 0.1) is 19.9 Å². The maximum Gasteiger partial charge on any atom is 0.182 e. The quantitative estimate of drug-likeness (QED) is 0.787. The molecule has 0 unspecified atom stereocenters. The molecule has 6 nitrogen and oxygen atoms in total. The first-order chi connectivity index (χ1) is 9.72. The van der Waals surface area contributed by atoms with Crippen LogP contribution in [0.2, 0.25) is 0 Å². The molecule has 0 bridgehead atoms. The SMILES string of the molecule is COc1ccc(-c2nc3c(N)cccn3n2)cc1OC. The van der Waals surface area contributed by atoms with Gasteiger partial charge in [-0.25, -0.2) is 9.50 Å². The summed E-state index contributed by atoms with van der Waals surface area (Å²) < 4.78 is 12.2. The molecular formula is C14H14N4O2. The van der Waals surface area contributed by atoms with Gasteiger partial charge in [-0.3, -0.25) is 0 Å². The number of nitrogens with two attached hydrogens (primary N) is 1. The first-order valence-electron chi connectivity index (χ1n) is 6.06. The van der Waals surface area contributed by atoms with Crippen LogP contribution in [0.15, 0.2) is 36.5 Å². The third-order valence-corrected chi connectivity index (χ3v) is 3.03. The number of methoxy groups -OCH3 is 2. The highest BCUT2D eigenvalue weighted by Crippen LogP contribution is 2.31. The van der Waals surface area contributed by atoms with Crippen molar-refractivity contribution in [1.29, 1.82) is 0 Å². The van der Waals surface area contributed by atoms with Crippen LogP contribution < -0.4 is 15.2 Å². The van der Waals surface area contributed by atoms with Gasteiger partial charge in [0, 0.05) is 11.8 Å². The van der Waals surface area contributed by atoms with Crippen LogP contribution in [0, 0.1) is 0 Å². The third-order valence-electron chi connectivity index (χ3n) is 3.03. The van der Waals surface area contributed by atoms with Crippen LogP contribution in [-0.4, -0.2) is 28.8 Å². The number of fused-ring (bicyclic) bond motifs is 1. The van der Waals surface area contributed by atoms with E-state index in [-0.39, 0.29) is 0 Å². The fourth-order valence-corrected chi connectivity index (χ4v) is 2.02. The molecule has 0 aliphatic carbocycles. The lowest BCUT2D eigenvalue weighted by atomic mass is 10.2. The Balaban J connectivity index is 2.13. The molecular weight excluding hydrogens is 256 g/mol. The van der Waals surface area contributed by atoms with Crippen molar-refractivity contribution in [3.63, 3.8) is 0 Å².